The molecule has 29 heavy (non-hydrogen) atoms. The second kappa shape index (κ2) is 8.32. The van der Waals surface area contributed by atoms with Crippen molar-refractivity contribution in [2.24, 2.45) is 0 Å². The molecule has 1 aliphatic heterocycles. The molecule has 0 atom stereocenters. The lowest BCUT2D eigenvalue weighted by Gasteiger charge is -2.35. The van der Waals surface area contributed by atoms with Gasteiger partial charge in [-0.05, 0) is 43.3 Å². The second-order valence-electron chi connectivity index (χ2n) is 8.15. The number of piperidine rings is 1. The molecule has 2 N–H and O–H groups in total. The summed E-state index contributed by atoms with van der Waals surface area (Å²) < 4.78 is 4.51. The van der Waals surface area contributed by atoms with Crippen molar-refractivity contribution in [3.05, 3.63) is 47.3 Å². The van der Waals surface area contributed by atoms with Gasteiger partial charge in [-0.2, -0.15) is 0 Å². The number of amides is 2. The fourth-order valence-electron chi connectivity index (χ4n) is 4.10. The van der Waals surface area contributed by atoms with E-state index in [2.05, 4.69) is 60.8 Å². The highest BCUT2D eigenvalue weighted by Crippen LogP contribution is 2.48. The SMILES string of the molecule is Cc1nonc1C(=O)NCC(=O)NC1CCN(CC2(c3ccccc3)CC2)CC1. The first-order valence-electron chi connectivity index (χ1n) is 10.2. The van der Waals surface area contributed by atoms with Crippen LogP contribution < -0.4 is 10.6 Å². The number of likely N-dealkylation sites (tertiary alicyclic amines) is 1. The Hall–Kier alpha value is -2.74. The highest BCUT2D eigenvalue weighted by atomic mass is 16.6. The van der Waals surface area contributed by atoms with Gasteiger partial charge < -0.3 is 15.5 Å². The summed E-state index contributed by atoms with van der Waals surface area (Å²) in [5.74, 6) is -0.641. The molecule has 1 aromatic carbocycles. The minimum atomic E-state index is -0.454. The van der Waals surface area contributed by atoms with Crippen molar-refractivity contribution in [3.8, 4) is 0 Å². The zero-order chi connectivity index (χ0) is 20.3. The Morgan fingerprint density at radius 3 is 2.52 bits per heavy atom. The van der Waals surface area contributed by atoms with Gasteiger partial charge in [0.2, 0.25) is 5.91 Å². The van der Waals surface area contributed by atoms with Crippen LogP contribution in [-0.4, -0.2) is 59.2 Å². The van der Waals surface area contributed by atoms with E-state index >= 15 is 0 Å². The van der Waals surface area contributed by atoms with Gasteiger partial charge in [0.25, 0.3) is 5.91 Å². The van der Waals surface area contributed by atoms with Gasteiger partial charge in [0.1, 0.15) is 5.69 Å². The first kappa shape index (κ1) is 19.6. The normalized spacial score (nSPS) is 18.9. The van der Waals surface area contributed by atoms with Gasteiger partial charge in [0.15, 0.2) is 5.69 Å². The summed E-state index contributed by atoms with van der Waals surface area (Å²) in [6, 6.07) is 10.9. The Morgan fingerprint density at radius 2 is 1.90 bits per heavy atom. The van der Waals surface area contributed by atoms with Crippen LogP contribution in [0.1, 0.15) is 47.4 Å². The van der Waals surface area contributed by atoms with Crippen LogP contribution in [0.5, 0.6) is 0 Å². The summed E-state index contributed by atoms with van der Waals surface area (Å²) >= 11 is 0. The van der Waals surface area contributed by atoms with Crippen LogP contribution in [0, 0.1) is 6.92 Å². The quantitative estimate of drug-likeness (QED) is 0.733. The number of hydrogen-bond donors (Lipinski definition) is 2. The minimum Gasteiger partial charge on any atom is -0.352 e. The van der Waals surface area contributed by atoms with E-state index in [1.54, 1.807) is 6.92 Å². The van der Waals surface area contributed by atoms with E-state index in [1.807, 2.05) is 0 Å². The summed E-state index contributed by atoms with van der Waals surface area (Å²) in [5.41, 5.74) is 2.29. The van der Waals surface area contributed by atoms with Crippen LogP contribution in [0.3, 0.4) is 0 Å². The van der Waals surface area contributed by atoms with Gasteiger partial charge in [-0.1, -0.05) is 35.5 Å². The molecule has 1 saturated heterocycles. The third-order valence-corrected chi connectivity index (χ3v) is 6.00. The number of nitrogens with one attached hydrogen (secondary N) is 2. The average molecular weight is 397 g/mol. The maximum Gasteiger partial charge on any atom is 0.275 e. The fraction of sp³-hybridized carbons (Fsp3) is 0.524. The number of nitrogens with zero attached hydrogens (tertiary/aromatic N) is 3. The third kappa shape index (κ3) is 4.64. The zero-order valence-corrected chi connectivity index (χ0v) is 16.7. The molecule has 4 rings (SSSR count). The van der Waals surface area contributed by atoms with Gasteiger partial charge in [-0.3, -0.25) is 9.59 Å². The van der Waals surface area contributed by atoms with Gasteiger partial charge in [-0.25, -0.2) is 4.63 Å². The summed E-state index contributed by atoms with van der Waals surface area (Å²) in [7, 11) is 0. The highest BCUT2D eigenvalue weighted by molar-refractivity contribution is 5.95. The first-order valence-corrected chi connectivity index (χ1v) is 10.2. The summed E-state index contributed by atoms with van der Waals surface area (Å²) in [4.78, 5) is 26.7. The second-order valence-corrected chi connectivity index (χ2v) is 8.15. The maximum absolute atomic E-state index is 12.2. The fourth-order valence-corrected chi connectivity index (χ4v) is 4.10. The number of aromatic nitrogens is 2. The lowest BCUT2D eigenvalue weighted by atomic mass is 9.94. The van der Waals surface area contributed by atoms with Crippen molar-refractivity contribution >= 4 is 11.8 Å². The van der Waals surface area contributed by atoms with Gasteiger partial charge in [-0.15, -0.1) is 0 Å². The van der Waals surface area contributed by atoms with Crippen LogP contribution in [0.4, 0.5) is 0 Å². The Bertz CT molecular complexity index is 854. The Morgan fingerprint density at radius 1 is 1.17 bits per heavy atom. The number of hydrogen-bond acceptors (Lipinski definition) is 6. The third-order valence-electron chi connectivity index (χ3n) is 6.00. The van der Waals surface area contributed by atoms with Crippen molar-refractivity contribution in [1.29, 1.82) is 0 Å². The van der Waals surface area contributed by atoms with Gasteiger partial charge in [0.05, 0.1) is 6.54 Å². The topological polar surface area (TPSA) is 100 Å². The molecule has 2 aromatic rings. The number of carbonyl (C=O) groups is 2. The Kier molecular flexibility index (Phi) is 5.62. The number of aryl methyl sites for hydroxylation is 1. The minimum absolute atomic E-state index is 0.0809. The monoisotopic (exact) mass is 397 g/mol. The van der Waals surface area contributed by atoms with E-state index in [0.717, 1.165) is 32.5 Å². The number of carbonyl (C=O) groups excluding carboxylic acids is 2. The molecule has 0 spiro atoms. The zero-order valence-electron chi connectivity index (χ0n) is 16.7. The molecular weight excluding hydrogens is 370 g/mol. The molecule has 154 valence electrons. The molecule has 8 nitrogen and oxygen atoms in total. The Labute approximate surface area is 170 Å². The molecule has 1 aromatic heterocycles. The molecule has 2 fully saturated rings. The van der Waals surface area contributed by atoms with Crippen LogP contribution in [0.25, 0.3) is 0 Å². The highest BCUT2D eigenvalue weighted by Gasteiger charge is 2.45. The average Bonchev–Trinajstić information content (AvgIpc) is 3.40. The van der Waals surface area contributed by atoms with Crippen LogP contribution >= 0.6 is 0 Å². The molecule has 2 heterocycles. The van der Waals surface area contributed by atoms with E-state index in [0.29, 0.717) is 11.1 Å². The molecule has 1 saturated carbocycles. The molecule has 2 aliphatic rings. The van der Waals surface area contributed by atoms with Crippen LogP contribution in [-0.2, 0) is 10.2 Å². The van der Waals surface area contributed by atoms with Crippen molar-refractivity contribution in [3.63, 3.8) is 0 Å². The van der Waals surface area contributed by atoms with Crippen molar-refractivity contribution in [2.45, 2.75) is 44.1 Å². The van der Waals surface area contributed by atoms with Crippen molar-refractivity contribution in [2.75, 3.05) is 26.2 Å². The predicted molar refractivity (Wildman–Crippen MR) is 106 cm³/mol. The van der Waals surface area contributed by atoms with E-state index in [-0.39, 0.29) is 24.2 Å². The lowest BCUT2D eigenvalue weighted by Crippen LogP contribution is -2.48. The molecule has 8 heteroatoms. The van der Waals surface area contributed by atoms with E-state index in [9.17, 15) is 9.59 Å². The van der Waals surface area contributed by atoms with Crippen molar-refractivity contribution in [1.82, 2.24) is 25.8 Å². The molecule has 0 unspecified atom stereocenters. The van der Waals surface area contributed by atoms with E-state index in [1.165, 1.54) is 18.4 Å². The van der Waals surface area contributed by atoms with Crippen LogP contribution in [0.2, 0.25) is 0 Å². The molecule has 1 aliphatic carbocycles. The van der Waals surface area contributed by atoms with Crippen molar-refractivity contribution < 1.29 is 14.2 Å². The Balaban J connectivity index is 1.19. The molecule has 0 radical (unpaired) electrons. The summed E-state index contributed by atoms with van der Waals surface area (Å²) in [6.45, 7) is 4.61. The predicted octanol–water partition coefficient (Wildman–Crippen LogP) is 1.42. The molecule has 2 amide bonds. The lowest BCUT2D eigenvalue weighted by molar-refractivity contribution is -0.121. The maximum atomic E-state index is 12.2. The molecule has 0 bridgehead atoms. The van der Waals surface area contributed by atoms with E-state index < -0.39 is 5.91 Å². The largest absolute Gasteiger partial charge is 0.352 e. The standard InChI is InChI=1S/C21H27N5O3/c1-15-19(25-29-24-15)20(28)22-13-18(27)23-17-7-11-26(12-8-17)14-21(9-10-21)16-5-3-2-4-6-16/h2-6,17H,7-14H2,1H3,(H,22,28)(H,23,27). The number of benzene rings is 1. The number of rotatable bonds is 7. The first-order chi connectivity index (χ1) is 14.1. The van der Waals surface area contributed by atoms with Crippen LogP contribution in [0.15, 0.2) is 35.0 Å². The molecular formula is C21H27N5O3. The van der Waals surface area contributed by atoms with Gasteiger partial charge >= 0.3 is 0 Å². The smallest absolute Gasteiger partial charge is 0.275 e. The summed E-state index contributed by atoms with van der Waals surface area (Å²) in [6.07, 6.45) is 4.37. The van der Waals surface area contributed by atoms with E-state index in [4.69, 9.17) is 0 Å². The summed E-state index contributed by atoms with van der Waals surface area (Å²) in [5, 5.41) is 12.7. The van der Waals surface area contributed by atoms with Gasteiger partial charge in [0, 0.05) is 31.1 Å².